The summed E-state index contributed by atoms with van der Waals surface area (Å²) in [5.41, 5.74) is 1.20. The van der Waals surface area contributed by atoms with Gasteiger partial charge in [-0.25, -0.2) is 0 Å². The van der Waals surface area contributed by atoms with Gasteiger partial charge in [-0.1, -0.05) is 23.2 Å². The Kier molecular flexibility index (Phi) is 12.9. The number of esters is 1. The largest absolute Gasteiger partial charge is 0.496 e. The molecule has 0 aromatic heterocycles. The van der Waals surface area contributed by atoms with Gasteiger partial charge in [0.05, 0.1) is 39.1 Å². The highest BCUT2D eigenvalue weighted by molar-refractivity contribution is 6.35. The summed E-state index contributed by atoms with van der Waals surface area (Å²) in [6, 6.07) is 13.1. The first kappa shape index (κ1) is 32.7. The van der Waals surface area contributed by atoms with Crippen LogP contribution in [-0.4, -0.2) is 49.6 Å². The Morgan fingerprint density at radius 1 is 0.762 bits per heavy atom. The van der Waals surface area contributed by atoms with Gasteiger partial charge >= 0.3 is 11.9 Å². The molecule has 0 aliphatic rings. The molecule has 0 saturated heterocycles. The van der Waals surface area contributed by atoms with E-state index in [4.69, 9.17) is 56.7 Å². The van der Waals surface area contributed by atoms with Gasteiger partial charge in [-0.15, -0.1) is 0 Å². The van der Waals surface area contributed by atoms with E-state index in [1.165, 1.54) is 26.4 Å². The molecule has 2 N–H and O–H groups in total. The van der Waals surface area contributed by atoms with Crippen molar-refractivity contribution in [3.63, 3.8) is 0 Å². The lowest BCUT2D eigenvalue weighted by Crippen LogP contribution is -2.10. The molecule has 10 nitrogen and oxygen atoms in total. The zero-order valence-corrected chi connectivity index (χ0v) is 24.7. The second kappa shape index (κ2) is 16.5. The molecule has 0 saturated carbocycles. The topological polar surface area (TPSA) is 130 Å². The lowest BCUT2D eigenvalue weighted by atomic mass is 10.1. The fourth-order valence-corrected chi connectivity index (χ4v) is 4.26. The number of hydrogen-bond donors (Lipinski definition) is 2. The fraction of sp³-hybridized carbons (Fsp3) is 0.333. The van der Waals surface area contributed by atoms with Crippen LogP contribution in [0.15, 0.2) is 48.5 Å². The summed E-state index contributed by atoms with van der Waals surface area (Å²) < 4.78 is 33.9. The SMILES string of the molecule is COc1cc(OCCCC(=O)Oc2ccc(Cl)cc2Cl)ccc1COc1c(OCCCC(=O)O)ccc(CO)c1OC. The predicted molar refractivity (Wildman–Crippen MR) is 155 cm³/mol. The first-order chi connectivity index (χ1) is 20.2. The molecule has 0 aliphatic carbocycles. The van der Waals surface area contributed by atoms with Crippen LogP contribution in [0.2, 0.25) is 10.0 Å². The number of halogens is 2. The predicted octanol–water partition coefficient (Wildman–Crippen LogP) is 6.09. The molecule has 0 heterocycles. The molecular weight excluding hydrogens is 591 g/mol. The van der Waals surface area contributed by atoms with Gasteiger partial charge in [0, 0.05) is 35.1 Å². The van der Waals surface area contributed by atoms with Crippen LogP contribution in [0.25, 0.3) is 0 Å². The monoisotopic (exact) mass is 622 g/mol. The first-order valence-electron chi connectivity index (χ1n) is 13.0. The number of carbonyl (C=O) groups excluding carboxylic acids is 1. The minimum atomic E-state index is -0.912. The number of benzene rings is 3. The van der Waals surface area contributed by atoms with E-state index in [0.29, 0.717) is 52.0 Å². The van der Waals surface area contributed by atoms with Crippen LogP contribution in [0.1, 0.15) is 36.8 Å². The molecule has 0 amide bonds. The number of aliphatic hydroxyl groups excluding tert-OH is 1. The van der Waals surface area contributed by atoms with Crippen molar-refractivity contribution in [1.29, 1.82) is 0 Å². The van der Waals surface area contributed by atoms with Gasteiger partial charge in [-0.05, 0) is 55.3 Å². The molecule has 226 valence electrons. The Hall–Kier alpha value is -3.86. The van der Waals surface area contributed by atoms with Crippen molar-refractivity contribution in [2.24, 2.45) is 0 Å². The number of carbonyl (C=O) groups is 2. The van der Waals surface area contributed by atoms with E-state index in [0.717, 1.165) is 0 Å². The number of carboxylic acids is 1. The van der Waals surface area contributed by atoms with Crippen LogP contribution in [-0.2, 0) is 22.8 Å². The van der Waals surface area contributed by atoms with E-state index in [2.05, 4.69) is 0 Å². The Morgan fingerprint density at radius 2 is 1.48 bits per heavy atom. The van der Waals surface area contributed by atoms with Crippen LogP contribution in [0.3, 0.4) is 0 Å². The summed E-state index contributed by atoms with van der Waals surface area (Å²) in [5, 5.41) is 19.3. The van der Waals surface area contributed by atoms with Crippen molar-refractivity contribution < 1.29 is 48.2 Å². The highest BCUT2D eigenvalue weighted by Crippen LogP contribution is 2.41. The average Bonchev–Trinajstić information content (AvgIpc) is 2.97. The van der Waals surface area contributed by atoms with E-state index < -0.39 is 11.9 Å². The molecule has 0 aliphatic heterocycles. The van der Waals surface area contributed by atoms with Crippen LogP contribution in [0.4, 0.5) is 0 Å². The van der Waals surface area contributed by atoms with Gasteiger partial charge in [0.2, 0.25) is 5.75 Å². The molecule has 42 heavy (non-hydrogen) atoms. The van der Waals surface area contributed by atoms with Crippen molar-refractivity contribution in [2.75, 3.05) is 27.4 Å². The Balaban J connectivity index is 1.59. The summed E-state index contributed by atoms with van der Waals surface area (Å²) in [5.74, 6) is 0.857. The normalized spacial score (nSPS) is 10.6. The van der Waals surface area contributed by atoms with Crippen molar-refractivity contribution >= 4 is 35.1 Å². The lowest BCUT2D eigenvalue weighted by molar-refractivity contribution is -0.137. The van der Waals surface area contributed by atoms with E-state index in [1.807, 2.05) is 0 Å². The fourth-order valence-electron chi connectivity index (χ4n) is 3.81. The van der Waals surface area contributed by atoms with Crippen LogP contribution in [0.5, 0.6) is 34.5 Å². The minimum Gasteiger partial charge on any atom is -0.496 e. The molecule has 3 aromatic carbocycles. The van der Waals surface area contributed by atoms with Crippen molar-refractivity contribution in [2.45, 2.75) is 38.9 Å². The molecule has 0 unspecified atom stereocenters. The van der Waals surface area contributed by atoms with Crippen molar-refractivity contribution in [3.8, 4) is 34.5 Å². The smallest absolute Gasteiger partial charge is 0.311 e. The van der Waals surface area contributed by atoms with Gasteiger partial charge in [0.25, 0.3) is 0 Å². The molecule has 0 atom stereocenters. The Morgan fingerprint density at radius 3 is 2.17 bits per heavy atom. The van der Waals surface area contributed by atoms with Crippen molar-refractivity contribution in [3.05, 3.63) is 69.7 Å². The summed E-state index contributed by atoms with van der Waals surface area (Å²) in [6.45, 7) is 0.211. The number of aliphatic hydroxyl groups is 1. The third-order valence-corrected chi connectivity index (χ3v) is 6.40. The summed E-state index contributed by atoms with van der Waals surface area (Å²) >= 11 is 11.9. The summed E-state index contributed by atoms with van der Waals surface area (Å²) in [6.07, 6.45) is 0.812. The number of rotatable bonds is 17. The Bertz CT molecular complexity index is 1360. The maximum absolute atomic E-state index is 12.1. The van der Waals surface area contributed by atoms with E-state index in [-0.39, 0.29) is 55.8 Å². The molecule has 3 aromatic rings. The van der Waals surface area contributed by atoms with E-state index >= 15 is 0 Å². The summed E-state index contributed by atoms with van der Waals surface area (Å²) in [4.78, 5) is 23.0. The Labute approximate surface area is 253 Å². The maximum Gasteiger partial charge on any atom is 0.311 e. The van der Waals surface area contributed by atoms with Gasteiger partial charge in [-0.2, -0.15) is 0 Å². The maximum atomic E-state index is 12.1. The van der Waals surface area contributed by atoms with Crippen LogP contribution in [0, 0.1) is 0 Å². The quantitative estimate of drug-likeness (QED) is 0.104. The number of hydrogen-bond acceptors (Lipinski definition) is 9. The second-order valence-electron chi connectivity index (χ2n) is 8.85. The second-order valence-corrected chi connectivity index (χ2v) is 9.70. The van der Waals surface area contributed by atoms with Crippen LogP contribution < -0.4 is 28.4 Å². The highest BCUT2D eigenvalue weighted by atomic mass is 35.5. The first-order valence-corrected chi connectivity index (χ1v) is 13.7. The molecule has 12 heteroatoms. The average molecular weight is 623 g/mol. The zero-order chi connectivity index (χ0) is 30.5. The third kappa shape index (κ3) is 9.61. The van der Waals surface area contributed by atoms with Gasteiger partial charge in [0.1, 0.15) is 23.9 Å². The number of methoxy groups -OCH3 is 2. The highest BCUT2D eigenvalue weighted by Gasteiger charge is 2.18. The summed E-state index contributed by atoms with van der Waals surface area (Å²) in [7, 11) is 2.97. The molecular formula is C30H32Cl2O10. The van der Waals surface area contributed by atoms with Gasteiger partial charge < -0.3 is 38.6 Å². The van der Waals surface area contributed by atoms with Crippen molar-refractivity contribution in [1.82, 2.24) is 0 Å². The standard InChI is InChI=1S/C30H32Cl2O10/c1-37-26-16-22(39-13-4-6-28(36)42-24-12-9-21(31)15-23(24)32)10-7-20(26)18-41-30-25(40-14-3-5-27(34)35)11-8-19(17-33)29(30)38-2/h7-12,15-16,33H,3-6,13-14,17-18H2,1-2H3,(H,34,35). The molecule has 0 bridgehead atoms. The zero-order valence-electron chi connectivity index (χ0n) is 23.2. The molecule has 3 rings (SSSR count). The van der Waals surface area contributed by atoms with E-state index in [9.17, 15) is 14.7 Å². The van der Waals surface area contributed by atoms with Crippen LogP contribution >= 0.6 is 23.2 Å². The lowest BCUT2D eigenvalue weighted by Gasteiger charge is -2.19. The molecule has 0 fully saturated rings. The van der Waals surface area contributed by atoms with Gasteiger partial charge in [-0.3, -0.25) is 9.59 Å². The number of carboxylic acid groups (broad SMARTS) is 1. The van der Waals surface area contributed by atoms with E-state index in [1.54, 1.807) is 36.4 Å². The number of aliphatic carboxylic acids is 1. The number of ether oxygens (including phenoxy) is 6. The van der Waals surface area contributed by atoms with Gasteiger partial charge in [0.15, 0.2) is 11.5 Å². The molecule has 0 spiro atoms. The molecule has 0 radical (unpaired) electrons. The minimum absolute atomic E-state index is 0.0317. The third-order valence-electron chi connectivity index (χ3n) is 5.87.